The molecule has 126 valence electrons. The molecule has 0 aromatic carbocycles. The normalized spacial score (nSPS) is 11.1. The Kier molecular flexibility index (Phi) is 3.85. The van der Waals surface area contributed by atoms with E-state index in [1.165, 1.54) is 0 Å². The summed E-state index contributed by atoms with van der Waals surface area (Å²) >= 11 is 1.58. The molecule has 0 radical (unpaired) electrons. The number of aromatic nitrogens is 3. The zero-order chi connectivity index (χ0) is 17.4. The van der Waals surface area contributed by atoms with Gasteiger partial charge in [-0.15, -0.1) is 11.3 Å². The number of pyridine rings is 1. The van der Waals surface area contributed by atoms with E-state index in [0.717, 1.165) is 21.9 Å². The minimum absolute atomic E-state index is 0.233. The number of fused-ring (bicyclic) bond motifs is 1. The highest BCUT2D eigenvalue weighted by atomic mass is 32.1. The molecule has 0 aliphatic heterocycles. The van der Waals surface area contributed by atoms with Crippen molar-refractivity contribution in [3.63, 3.8) is 0 Å². The maximum Gasteiger partial charge on any atom is 0.271 e. The average molecular weight is 352 g/mol. The van der Waals surface area contributed by atoms with Gasteiger partial charge in [0.15, 0.2) is 5.76 Å². The Morgan fingerprint density at radius 2 is 2.16 bits per heavy atom. The summed E-state index contributed by atoms with van der Waals surface area (Å²) in [6.45, 7) is 4.25. The van der Waals surface area contributed by atoms with E-state index in [1.807, 2.05) is 54.1 Å². The Labute approximate surface area is 148 Å². The Bertz CT molecular complexity index is 1060. The fourth-order valence-electron chi connectivity index (χ4n) is 2.54. The third-order valence-electron chi connectivity index (χ3n) is 3.80. The van der Waals surface area contributed by atoms with Crippen LogP contribution in [-0.4, -0.2) is 20.3 Å². The number of imidazole rings is 1. The lowest BCUT2D eigenvalue weighted by atomic mass is 10.3. The molecule has 0 saturated heterocycles. The molecule has 4 aromatic rings. The maximum atomic E-state index is 12.3. The molecule has 4 heterocycles. The molecule has 0 aliphatic rings. The quantitative estimate of drug-likeness (QED) is 0.609. The third-order valence-corrected chi connectivity index (χ3v) is 4.58. The summed E-state index contributed by atoms with van der Waals surface area (Å²) in [5, 5.41) is 5.78. The summed E-state index contributed by atoms with van der Waals surface area (Å²) in [5.41, 5.74) is 3.05. The number of carbonyl (C=O) groups is 1. The zero-order valence-corrected chi connectivity index (χ0v) is 14.6. The van der Waals surface area contributed by atoms with Gasteiger partial charge in [0.25, 0.3) is 5.91 Å². The van der Waals surface area contributed by atoms with Gasteiger partial charge in [-0.2, -0.15) is 0 Å². The number of carbonyl (C=O) groups excluding carboxylic acids is 1. The number of nitrogens with zero attached hydrogens (tertiary/aromatic N) is 3. The van der Waals surface area contributed by atoms with E-state index >= 15 is 0 Å². The fraction of sp³-hybridized carbons (Fsp3) is 0.167. The second-order valence-electron chi connectivity index (χ2n) is 5.80. The monoisotopic (exact) mass is 352 g/mol. The fourth-order valence-corrected chi connectivity index (χ4v) is 3.14. The van der Waals surface area contributed by atoms with Gasteiger partial charge in [0.05, 0.1) is 11.6 Å². The number of thiazole rings is 1. The summed E-state index contributed by atoms with van der Waals surface area (Å²) < 4.78 is 7.58. The SMILES string of the molecule is Cc1ccn2cc(C(=O)NCc3ccc(-c4csc(C)n4)o3)nc2c1. The summed E-state index contributed by atoms with van der Waals surface area (Å²) in [7, 11) is 0. The molecule has 0 bridgehead atoms. The average Bonchev–Trinajstić information content (AvgIpc) is 3.30. The molecule has 0 unspecified atom stereocenters. The first kappa shape index (κ1) is 15.6. The molecule has 0 spiro atoms. The first-order chi connectivity index (χ1) is 12.1. The van der Waals surface area contributed by atoms with Crippen molar-refractivity contribution >= 4 is 22.9 Å². The van der Waals surface area contributed by atoms with Crippen molar-refractivity contribution in [1.82, 2.24) is 19.7 Å². The molecule has 7 heteroatoms. The van der Waals surface area contributed by atoms with Crippen molar-refractivity contribution in [2.75, 3.05) is 0 Å². The highest BCUT2D eigenvalue weighted by molar-refractivity contribution is 7.09. The molecule has 4 aromatic heterocycles. The molecule has 0 saturated carbocycles. The molecule has 1 N–H and O–H groups in total. The van der Waals surface area contributed by atoms with Gasteiger partial charge in [0.1, 0.15) is 22.8 Å². The van der Waals surface area contributed by atoms with Crippen LogP contribution in [0.15, 0.2) is 46.5 Å². The molecule has 25 heavy (non-hydrogen) atoms. The van der Waals surface area contributed by atoms with E-state index in [-0.39, 0.29) is 5.91 Å². The van der Waals surface area contributed by atoms with Crippen molar-refractivity contribution in [3.8, 4) is 11.5 Å². The predicted octanol–water partition coefficient (Wildman–Crippen LogP) is 3.60. The molecular formula is C18H16N4O2S. The number of furan rings is 1. The van der Waals surface area contributed by atoms with Crippen LogP contribution in [0.25, 0.3) is 17.1 Å². The van der Waals surface area contributed by atoms with Crippen molar-refractivity contribution in [3.05, 3.63) is 64.1 Å². The van der Waals surface area contributed by atoms with Gasteiger partial charge in [0.2, 0.25) is 0 Å². The zero-order valence-electron chi connectivity index (χ0n) is 13.8. The maximum absolute atomic E-state index is 12.3. The van der Waals surface area contributed by atoms with Crippen LogP contribution in [0.5, 0.6) is 0 Å². The van der Waals surface area contributed by atoms with Crippen molar-refractivity contribution < 1.29 is 9.21 Å². The van der Waals surface area contributed by atoms with E-state index in [0.29, 0.717) is 23.8 Å². The lowest BCUT2D eigenvalue weighted by molar-refractivity contribution is 0.0943. The minimum atomic E-state index is -0.233. The molecule has 0 aliphatic carbocycles. The summed E-state index contributed by atoms with van der Waals surface area (Å²) in [4.78, 5) is 21.1. The highest BCUT2D eigenvalue weighted by Crippen LogP contribution is 2.23. The summed E-state index contributed by atoms with van der Waals surface area (Å²) in [5.74, 6) is 1.15. The van der Waals surface area contributed by atoms with E-state index in [2.05, 4.69) is 15.3 Å². The Morgan fingerprint density at radius 3 is 2.96 bits per heavy atom. The number of rotatable bonds is 4. The van der Waals surface area contributed by atoms with E-state index in [1.54, 1.807) is 17.5 Å². The number of nitrogens with one attached hydrogen (secondary N) is 1. The first-order valence-corrected chi connectivity index (χ1v) is 8.71. The van der Waals surface area contributed by atoms with Crippen LogP contribution < -0.4 is 5.32 Å². The van der Waals surface area contributed by atoms with Crippen LogP contribution in [-0.2, 0) is 6.54 Å². The number of hydrogen-bond donors (Lipinski definition) is 1. The van der Waals surface area contributed by atoms with Crippen LogP contribution in [0.1, 0.15) is 26.8 Å². The second-order valence-corrected chi connectivity index (χ2v) is 6.86. The Morgan fingerprint density at radius 1 is 1.28 bits per heavy atom. The van der Waals surface area contributed by atoms with Gasteiger partial charge in [0, 0.05) is 17.8 Å². The van der Waals surface area contributed by atoms with Gasteiger partial charge >= 0.3 is 0 Å². The van der Waals surface area contributed by atoms with Gasteiger partial charge in [-0.25, -0.2) is 9.97 Å². The highest BCUT2D eigenvalue weighted by Gasteiger charge is 2.12. The molecular weight excluding hydrogens is 336 g/mol. The molecule has 1 amide bonds. The van der Waals surface area contributed by atoms with E-state index < -0.39 is 0 Å². The molecule has 0 atom stereocenters. The predicted molar refractivity (Wildman–Crippen MR) is 95.7 cm³/mol. The Hall–Kier alpha value is -2.93. The summed E-state index contributed by atoms with van der Waals surface area (Å²) in [6.07, 6.45) is 3.61. The van der Waals surface area contributed by atoms with Crippen LogP contribution in [0.2, 0.25) is 0 Å². The van der Waals surface area contributed by atoms with Gasteiger partial charge < -0.3 is 14.1 Å². The van der Waals surface area contributed by atoms with Crippen LogP contribution in [0, 0.1) is 13.8 Å². The van der Waals surface area contributed by atoms with Crippen LogP contribution >= 0.6 is 11.3 Å². The molecule has 6 nitrogen and oxygen atoms in total. The molecule has 4 rings (SSSR count). The van der Waals surface area contributed by atoms with Crippen LogP contribution in [0.3, 0.4) is 0 Å². The Balaban J connectivity index is 1.45. The van der Waals surface area contributed by atoms with Gasteiger partial charge in [-0.1, -0.05) is 0 Å². The lowest BCUT2D eigenvalue weighted by Gasteiger charge is -2.00. The summed E-state index contributed by atoms with van der Waals surface area (Å²) in [6, 6.07) is 7.62. The smallest absolute Gasteiger partial charge is 0.271 e. The van der Waals surface area contributed by atoms with E-state index in [4.69, 9.17) is 4.42 Å². The molecule has 0 fully saturated rings. The largest absolute Gasteiger partial charge is 0.458 e. The number of hydrogen-bond acceptors (Lipinski definition) is 5. The van der Waals surface area contributed by atoms with Gasteiger partial charge in [-0.3, -0.25) is 4.79 Å². The number of amides is 1. The third kappa shape index (κ3) is 3.18. The van der Waals surface area contributed by atoms with Gasteiger partial charge in [-0.05, 0) is 43.7 Å². The first-order valence-electron chi connectivity index (χ1n) is 7.83. The van der Waals surface area contributed by atoms with Crippen molar-refractivity contribution in [2.45, 2.75) is 20.4 Å². The van der Waals surface area contributed by atoms with E-state index in [9.17, 15) is 4.79 Å². The topological polar surface area (TPSA) is 72.4 Å². The van der Waals surface area contributed by atoms with Crippen LogP contribution in [0.4, 0.5) is 0 Å². The standard InChI is InChI=1S/C18H16N4O2S/c1-11-5-6-22-9-14(21-17(22)7-11)18(23)19-8-13-3-4-16(24-13)15-10-25-12(2)20-15/h3-7,9-10H,8H2,1-2H3,(H,19,23). The minimum Gasteiger partial charge on any atom is -0.458 e. The second kappa shape index (κ2) is 6.18. The number of aryl methyl sites for hydroxylation is 2. The van der Waals surface area contributed by atoms with Crippen molar-refractivity contribution in [2.24, 2.45) is 0 Å². The van der Waals surface area contributed by atoms with Crippen molar-refractivity contribution in [1.29, 1.82) is 0 Å². The lowest BCUT2D eigenvalue weighted by Crippen LogP contribution is -2.22.